The van der Waals surface area contributed by atoms with Crippen LogP contribution in [0, 0.1) is 0 Å². The van der Waals surface area contributed by atoms with Gasteiger partial charge in [0.1, 0.15) is 11.4 Å². The molecule has 3 heterocycles. The fraction of sp³-hybridized carbons (Fsp3) is 0.158. The number of ether oxygens (including phenoxy) is 1. The van der Waals surface area contributed by atoms with Crippen LogP contribution < -0.4 is 21.4 Å². The van der Waals surface area contributed by atoms with Crippen LogP contribution in [0.5, 0.6) is 0 Å². The fourth-order valence-corrected chi connectivity index (χ4v) is 3.88. The Hall–Kier alpha value is -3.66. The third-order valence-electron chi connectivity index (χ3n) is 4.26. The maximum Gasteiger partial charge on any atom is 0.343 e. The molecule has 4 rings (SSSR count). The van der Waals surface area contributed by atoms with E-state index in [-0.39, 0.29) is 17.7 Å². The van der Waals surface area contributed by atoms with Crippen molar-refractivity contribution in [1.29, 1.82) is 0 Å². The third kappa shape index (κ3) is 3.34. The first-order valence-electron chi connectivity index (χ1n) is 8.84. The summed E-state index contributed by atoms with van der Waals surface area (Å²) >= 11 is 1.40. The Balaban J connectivity index is 1.77. The minimum absolute atomic E-state index is 0.249. The second kappa shape index (κ2) is 7.40. The molecule has 0 atom stereocenters. The Morgan fingerprint density at radius 2 is 2.17 bits per heavy atom. The standard InChI is InChI=1S/C19H18N6O3S/c1-4-28-18(27)12-9-20-23-16(12)21-10(2)15-11(3)24-25(17(15)26)19-22-13-7-5-6-8-14(13)29-19/h5-9,24H,3-4H2,1-2H3,(H2,20,21,23). The van der Waals surface area contributed by atoms with Crippen LogP contribution in [0.3, 0.4) is 0 Å². The summed E-state index contributed by atoms with van der Waals surface area (Å²) in [6, 6.07) is 7.66. The monoisotopic (exact) mass is 410 g/mol. The predicted molar refractivity (Wildman–Crippen MR) is 112 cm³/mol. The highest BCUT2D eigenvalue weighted by atomic mass is 32.1. The zero-order valence-corrected chi connectivity index (χ0v) is 16.6. The normalized spacial score (nSPS) is 12.2. The lowest BCUT2D eigenvalue weighted by Crippen LogP contribution is -2.37. The molecule has 9 nitrogen and oxygen atoms in total. The number of nitrogens with one attached hydrogen (secondary N) is 3. The van der Waals surface area contributed by atoms with Crippen LogP contribution in [0.4, 0.5) is 5.82 Å². The van der Waals surface area contributed by atoms with E-state index in [0.29, 0.717) is 27.2 Å². The molecule has 29 heavy (non-hydrogen) atoms. The van der Waals surface area contributed by atoms with Crippen LogP contribution in [-0.2, 0) is 4.74 Å². The number of H-pyrrole nitrogens is 2. The van der Waals surface area contributed by atoms with Gasteiger partial charge in [-0.1, -0.05) is 30.0 Å². The minimum atomic E-state index is -0.507. The predicted octanol–water partition coefficient (Wildman–Crippen LogP) is 1.33. The van der Waals surface area contributed by atoms with Crippen LogP contribution in [0.2, 0.25) is 0 Å². The summed E-state index contributed by atoms with van der Waals surface area (Å²) in [5.74, 6) is -0.167. The molecule has 4 aromatic rings. The lowest BCUT2D eigenvalue weighted by atomic mass is 10.3. The molecular formula is C19H18N6O3S. The van der Waals surface area contributed by atoms with Crippen LogP contribution in [0.25, 0.3) is 27.6 Å². The number of anilines is 1. The van der Waals surface area contributed by atoms with Gasteiger partial charge in [0.15, 0.2) is 0 Å². The van der Waals surface area contributed by atoms with Crippen LogP contribution >= 0.6 is 11.3 Å². The molecule has 3 N–H and O–H groups in total. The molecule has 0 bridgehead atoms. The van der Waals surface area contributed by atoms with E-state index in [2.05, 4.69) is 32.2 Å². The maximum absolute atomic E-state index is 13.0. The number of hydrogen-bond donors (Lipinski definition) is 3. The smallest absolute Gasteiger partial charge is 0.343 e. The SMILES string of the molecule is C=c1[nH]n(-c2nc3ccccc3s2)c(=O)c1=C(C)Nc1[nH]ncc1C(=O)OCC. The van der Waals surface area contributed by atoms with Gasteiger partial charge in [-0.25, -0.2) is 9.78 Å². The average molecular weight is 410 g/mol. The Labute approximate surface area is 168 Å². The molecule has 0 fully saturated rings. The Bertz CT molecular complexity index is 1340. The summed E-state index contributed by atoms with van der Waals surface area (Å²) in [5.41, 5.74) is 1.28. The van der Waals surface area contributed by atoms with Gasteiger partial charge in [0.25, 0.3) is 5.56 Å². The summed E-state index contributed by atoms with van der Waals surface area (Å²) in [6.45, 7) is 7.63. The Morgan fingerprint density at radius 3 is 2.93 bits per heavy atom. The zero-order chi connectivity index (χ0) is 20.5. The second-order valence-electron chi connectivity index (χ2n) is 6.20. The molecule has 10 heteroatoms. The van der Waals surface area contributed by atoms with Gasteiger partial charge in [0.05, 0.1) is 33.6 Å². The number of esters is 1. The number of aromatic amines is 2. The number of benzene rings is 1. The van der Waals surface area contributed by atoms with E-state index in [4.69, 9.17) is 4.74 Å². The minimum Gasteiger partial charge on any atom is -0.462 e. The van der Waals surface area contributed by atoms with E-state index in [1.54, 1.807) is 13.8 Å². The number of carbonyl (C=O) groups is 1. The highest BCUT2D eigenvalue weighted by Gasteiger charge is 2.16. The Kier molecular flexibility index (Phi) is 4.77. The molecule has 0 saturated carbocycles. The first-order chi connectivity index (χ1) is 14.0. The van der Waals surface area contributed by atoms with Crippen LogP contribution in [0.1, 0.15) is 24.2 Å². The third-order valence-corrected chi connectivity index (χ3v) is 5.28. The number of carbonyl (C=O) groups excluding carboxylic acids is 1. The van der Waals surface area contributed by atoms with E-state index < -0.39 is 5.97 Å². The summed E-state index contributed by atoms with van der Waals surface area (Å²) < 4.78 is 7.36. The lowest BCUT2D eigenvalue weighted by Gasteiger charge is -2.05. The largest absolute Gasteiger partial charge is 0.462 e. The average Bonchev–Trinajstić information content (AvgIpc) is 3.38. The first kappa shape index (κ1) is 18.7. The van der Waals surface area contributed by atoms with Crippen molar-refractivity contribution in [1.82, 2.24) is 25.0 Å². The molecule has 0 spiro atoms. The molecule has 148 valence electrons. The summed E-state index contributed by atoms with van der Waals surface area (Å²) in [6.07, 6.45) is 1.37. The van der Waals surface area contributed by atoms with Crippen molar-refractivity contribution in [2.75, 3.05) is 11.9 Å². The van der Waals surface area contributed by atoms with Crippen molar-refractivity contribution >= 4 is 45.6 Å². The highest BCUT2D eigenvalue weighted by molar-refractivity contribution is 7.20. The molecular weight excluding hydrogens is 392 g/mol. The lowest BCUT2D eigenvalue weighted by molar-refractivity contribution is 0.0527. The van der Waals surface area contributed by atoms with Gasteiger partial charge in [-0.3, -0.25) is 15.0 Å². The van der Waals surface area contributed by atoms with Crippen LogP contribution in [0.15, 0.2) is 35.3 Å². The van der Waals surface area contributed by atoms with Gasteiger partial charge in [0, 0.05) is 5.70 Å². The van der Waals surface area contributed by atoms with Gasteiger partial charge in [-0.15, -0.1) is 0 Å². The number of thiazole rings is 1. The van der Waals surface area contributed by atoms with Gasteiger partial charge in [-0.2, -0.15) is 9.78 Å². The van der Waals surface area contributed by atoms with Gasteiger partial charge in [-0.05, 0) is 26.0 Å². The van der Waals surface area contributed by atoms with E-state index >= 15 is 0 Å². The molecule has 0 aliphatic rings. The van der Waals surface area contributed by atoms with Crippen molar-refractivity contribution in [3.63, 3.8) is 0 Å². The molecule has 3 aromatic heterocycles. The van der Waals surface area contributed by atoms with Crippen molar-refractivity contribution in [3.05, 3.63) is 56.9 Å². The Morgan fingerprint density at radius 1 is 1.38 bits per heavy atom. The molecule has 0 unspecified atom stereocenters. The molecule has 0 amide bonds. The molecule has 0 radical (unpaired) electrons. The number of para-hydroxylation sites is 1. The summed E-state index contributed by atoms with van der Waals surface area (Å²) in [4.78, 5) is 29.6. The summed E-state index contributed by atoms with van der Waals surface area (Å²) in [7, 11) is 0. The first-order valence-corrected chi connectivity index (χ1v) is 9.65. The number of fused-ring (bicyclic) bond motifs is 1. The number of rotatable bonds is 5. The van der Waals surface area contributed by atoms with Gasteiger partial charge in [0.2, 0.25) is 5.13 Å². The van der Waals surface area contributed by atoms with Crippen molar-refractivity contribution in [3.8, 4) is 5.13 Å². The maximum atomic E-state index is 13.0. The van der Waals surface area contributed by atoms with E-state index in [1.807, 2.05) is 24.3 Å². The zero-order valence-electron chi connectivity index (χ0n) is 15.8. The van der Waals surface area contributed by atoms with Gasteiger partial charge < -0.3 is 10.1 Å². The second-order valence-corrected chi connectivity index (χ2v) is 7.21. The van der Waals surface area contributed by atoms with E-state index in [0.717, 1.165) is 10.2 Å². The van der Waals surface area contributed by atoms with Gasteiger partial charge >= 0.3 is 5.97 Å². The molecule has 0 aliphatic heterocycles. The quantitative estimate of drug-likeness (QED) is 0.427. The number of nitrogens with zero attached hydrogens (tertiary/aromatic N) is 3. The summed E-state index contributed by atoms with van der Waals surface area (Å²) in [5, 5.41) is 13.9. The van der Waals surface area contributed by atoms with Crippen molar-refractivity contribution < 1.29 is 9.53 Å². The molecule has 1 aromatic carbocycles. The number of aromatic nitrogens is 5. The van der Waals surface area contributed by atoms with Crippen molar-refractivity contribution in [2.24, 2.45) is 0 Å². The topological polar surface area (TPSA) is 118 Å². The molecule has 0 aliphatic carbocycles. The number of hydrogen-bond acceptors (Lipinski definition) is 7. The van der Waals surface area contributed by atoms with Crippen LogP contribution in [-0.4, -0.2) is 37.5 Å². The van der Waals surface area contributed by atoms with Crippen molar-refractivity contribution in [2.45, 2.75) is 13.8 Å². The fourth-order valence-electron chi connectivity index (χ4n) is 2.95. The van der Waals surface area contributed by atoms with E-state index in [9.17, 15) is 9.59 Å². The van der Waals surface area contributed by atoms with E-state index in [1.165, 1.54) is 22.2 Å². The highest BCUT2D eigenvalue weighted by Crippen LogP contribution is 2.22. The molecule has 0 saturated heterocycles.